The zero-order chi connectivity index (χ0) is 15.9. The van der Waals surface area contributed by atoms with E-state index in [4.69, 9.17) is 9.15 Å². The Balaban J connectivity index is 1.38. The standard InChI is InChI=1S/C16H21BrN4O2/c17-14-4-2-13(3-5-14)16-20-19-15(23-16)12-18-6-1-7-21-8-10-22-11-9-21/h2-5,18H,1,6-12H2. The highest BCUT2D eigenvalue weighted by atomic mass is 79.9. The molecule has 1 fully saturated rings. The van der Waals surface area contributed by atoms with Gasteiger partial charge in [-0.05, 0) is 43.8 Å². The Hall–Kier alpha value is -1.28. The number of nitrogens with zero attached hydrogens (tertiary/aromatic N) is 3. The van der Waals surface area contributed by atoms with Crippen LogP contribution in [0.1, 0.15) is 12.3 Å². The molecule has 0 aliphatic carbocycles. The van der Waals surface area contributed by atoms with Gasteiger partial charge in [0.05, 0.1) is 19.8 Å². The van der Waals surface area contributed by atoms with Crippen molar-refractivity contribution in [3.63, 3.8) is 0 Å². The van der Waals surface area contributed by atoms with Crippen LogP contribution in [0.15, 0.2) is 33.2 Å². The summed E-state index contributed by atoms with van der Waals surface area (Å²) in [7, 11) is 0. The fourth-order valence-electron chi connectivity index (χ4n) is 2.48. The van der Waals surface area contributed by atoms with Crippen LogP contribution in [-0.2, 0) is 11.3 Å². The molecule has 0 bridgehead atoms. The van der Waals surface area contributed by atoms with E-state index < -0.39 is 0 Å². The van der Waals surface area contributed by atoms with Gasteiger partial charge in [-0.1, -0.05) is 15.9 Å². The summed E-state index contributed by atoms with van der Waals surface area (Å²) in [5, 5.41) is 11.5. The van der Waals surface area contributed by atoms with Crippen LogP contribution in [0.4, 0.5) is 0 Å². The van der Waals surface area contributed by atoms with E-state index >= 15 is 0 Å². The Morgan fingerprint density at radius 3 is 2.70 bits per heavy atom. The summed E-state index contributed by atoms with van der Waals surface area (Å²) in [6, 6.07) is 7.83. The number of morpholine rings is 1. The maximum atomic E-state index is 5.68. The van der Waals surface area contributed by atoms with Gasteiger partial charge in [0.2, 0.25) is 11.8 Å². The Morgan fingerprint density at radius 2 is 1.91 bits per heavy atom. The predicted octanol–water partition coefficient (Wildman–Crippen LogP) is 2.31. The molecule has 3 rings (SSSR count). The van der Waals surface area contributed by atoms with Crippen LogP contribution in [0.25, 0.3) is 11.5 Å². The highest BCUT2D eigenvalue weighted by molar-refractivity contribution is 9.10. The molecule has 2 heterocycles. The summed E-state index contributed by atoms with van der Waals surface area (Å²) < 4.78 is 12.1. The summed E-state index contributed by atoms with van der Waals surface area (Å²) in [5.74, 6) is 1.18. The maximum Gasteiger partial charge on any atom is 0.247 e. The molecular formula is C16H21BrN4O2. The Bertz CT molecular complexity index is 596. The molecule has 0 unspecified atom stereocenters. The summed E-state index contributed by atoms with van der Waals surface area (Å²) in [6.07, 6.45) is 1.10. The van der Waals surface area contributed by atoms with Gasteiger partial charge in [-0.15, -0.1) is 10.2 Å². The fraction of sp³-hybridized carbons (Fsp3) is 0.500. The molecule has 0 atom stereocenters. The minimum Gasteiger partial charge on any atom is -0.419 e. The van der Waals surface area contributed by atoms with Crippen LogP contribution < -0.4 is 5.32 Å². The van der Waals surface area contributed by atoms with Gasteiger partial charge < -0.3 is 14.5 Å². The Labute approximate surface area is 144 Å². The lowest BCUT2D eigenvalue weighted by Crippen LogP contribution is -2.37. The number of nitrogens with one attached hydrogen (secondary N) is 1. The molecule has 7 heteroatoms. The molecule has 1 N–H and O–H groups in total. The van der Waals surface area contributed by atoms with Crippen molar-refractivity contribution in [2.45, 2.75) is 13.0 Å². The zero-order valence-electron chi connectivity index (χ0n) is 13.0. The number of halogens is 1. The largest absolute Gasteiger partial charge is 0.419 e. The fourth-order valence-corrected chi connectivity index (χ4v) is 2.75. The van der Waals surface area contributed by atoms with Crippen molar-refractivity contribution < 1.29 is 9.15 Å². The number of hydrogen-bond donors (Lipinski definition) is 1. The van der Waals surface area contributed by atoms with Gasteiger partial charge in [0, 0.05) is 23.1 Å². The average molecular weight is 381 g/mol. The smallest absolute Gasteiger partial charge is 0.247 e. The predicted molar refractivity (Wildman–Crippen MR) is 91.0 cm³/mol. The topological polar surface area (TPSA) is 63.4 Å². The van der Waals surface area contributed by atoms with Crippen molar-refractivity contribution in [1.29, 1.82) is 0 Å². The number of hydrogen-bond acceptors (Lipinski definition) is 6. The van der Waals surface area contributed by atoms with Crippen molar-refractivity contribution in [3.05, 3.63) is 34.6 Å². The van der Waals surface area contributed by atoms with Gasteiger partial charge in [-0.3, -0.25) is 4.90 Å². The number of benzene rings is 1. The molecule has 1 saturated heterocycles. The van der Waals surface area contributed by atoms with E-state index in [1.54, 1.807) is 0 Å². The molecule has 2 aromatic rings. The Morgan fingerprint density at radius 1 is 1.13 bits per heavy atom. The van der Waals surface area contributed by atoms with Crippen molar-refractivity contribution in [1.82, 2.24) is 20.4 Å². The monoisotopic (exact) mass is 380 g/mol. The van der Waals surface area contributed by atoms with E-state index in [0.717, 1.165) is 55.8 Å². The third-order valence-corrected chi connectivity index (χ3v) is 4.29. The van der Waals surface area contributed by atoms with Crippen molar-refractivity contribution in [2.75, 3.05) is 39.4 Å². The molecule has 1 aliphatic rings. The summed E-state index contributed by atoms with van der Waals surface area (Å²) in [5.41, 5.74) is 0.930. The summed E-state index contributed by atoms with van der Waals surface area (Å²) >= 11 is 3.41. The lowest BCUT2D eigenvalue weighted by atomic mass is 10.2. The Kier molecular flexibility index (Phi) is 6.15. The van der Waals surface area contributed by atoms with Gasteiger partial charge in [0.25, 0.3) is 0 Å². The van der Waals surface area contributed by atoms with Crippen molar-refractivity contribution >= 4 is 15.9 Å². The van der Waals surface area contributed by atoms with E-state index in [0.29, 0.717) is 18.3 Å². The minimum absolute atomic E-state index is 0.558. The van der Waals surface area contributed by atoms with Crippen molar-refractivity contribution in [3.8, 4) is 11.5 Å². The molecule has 124 valence electrons. The van der Waals surface area contributed by atoms with Crippen molar-refractivity contribution in [2.24, 2.45) is 0 Å². The molecule has 1 aromatic carbocycles. The number of ether oxygens (including phenoxy) is 1. The first kappa shape index (κ1) is 16.6. The normalized spacial score (nSPS) is 15.9. The third-order valence-electron chi connectivity index (χ3n) is 3.77. The molecular weight excluding hydrogens is 360 g/mol. The van der Waals surface area contributed by atoms with Crippen LogP contribution in [0.2, 0.25) is 0 Å². The van der Waals surface area contributed by atoms with Crippen LogP contribution in [0.5, 0.6) is 0 Å². The first-order valence-electron chi connectivity index (χ1n) is 7.90. The average Bonchev–Trinajstić information content (AvgIpc) is 3.05. The van der Waals surface area contributed by atoms with Crippen LogP contribution in [-0.4, -0.2) is 54.5 Å². The van der Waals surface area contributed by atoms with E-state index in [1.165, 1.54) is 0 Å². The second-order valence-electron chi connectivity index (χ2n) is 5.49. The van der Waals surface area contributed by atoms with Crippen LogP contribution in [0, 0.1) is 0 Å². The maximum absolute atomic E-state index is 5.68. The first-order chi connectivity index (χ1) is 11.3. The van der Waals surface area contributed by atoms with Gasteiger partial charge in [0.1, 0.15) is 0 Å². The second-order valence-corrected chi connectivity index (χ2v) is 6.41. The highest BCUT2D eigenvalue weighted by Crippen LogP contribution is 2.20. The zero-order valence-corrected chi connectivity index (χ0v) is 14.6. The summed E-state index contributed by atoms with van der Waals surface area (Å²) in [6.45, 7) is 6.44. The van der Waals surface area contributed by atoms with Crippen LogP contribution in [0.3, 0.4) is 0 Å². The SMILES string of the molecule is Brc1ccc(-c2nnc(CNCCCN3CCOCC3)o2)cc1. The van der Waals surface area contributed by atoms with E-state index in [2.05, 4.69) is 36.3 Å². The second kappa shape index (κ2) is 8.54. The highest BCUT2D eigenvalue weighted by Gasteiger charge is 2.10. The third kappa shape index (κ3) is 5.10. The molecule has 23 heavy (non-hydrogen) atoms. The molecule has 0 radical (unpaired) electrons. The molecule has 6 nitrogen and oxygen atoms in total. The van der Waals surface area contributed by atoms with E-state index in [-0.39, 0.29) is 0 Å². The molecule has 1 aliphatic heterocycles. The first-order valence-corrected chi connectivity index (χ1v) is 8.70. The summed E-state index contributed by atoms with van der Waals surface area (Å²) in [4.78, 5) is 2.43. The van der Waals surface area contributed by atoms with Gasteiger partial charge in [-0.25, -0.2) is 0 Å². The molecule has 0 amide bonds. The minimum atomic E-state index is 0.558. The number of aromatic nitrogens is 2. The number of rotatable bonds is 7. The lowest BCUT2D eigenvalue weighted by Gasteiger charge is -2.26. The molecule has 1 aromatic heterocycles. The van der Waals surface area contributed by atoms with Gasteiger partial charge >= 0.3 is 0 Å². The van der Waals surface area contributed by atoms with Gasteiger partial charge in [-0.2, -0.15) is 0 Å². The molecule has 0 spiro atoms. The van der Waals surface area contributed by atoms with E-state index in [1.807, 2.05) is 24.3 Å². The van der Waals surface area contributed by atoms with Crippen LogP contribution >= 0.6 is 15.9 Å². The van der Waals surface area contributed by atoms with E-state index in [9.17, 15) is 0 Å². The van der Waals surface area contributed by atoms with Gasteiger partial charge in [0.15, 0.2) is 0 Å². The molecule has 0 saturated carbocycles. The quantitative estimate of drug-likeness (QED) is 0.743. The lowest BCUT2D eigenvalue weighted by molar-refractivity contribution is 0.0374.